The molecule has 15 heavy (non-hydrogen) atoms. The lowest BCUT2D eigenvalue weighted by Crippen LogP contribution is -2.59. The van der Waals surface area contributed by atoms with E-state index in [4.69, 9.17) is 0 Å². The van der Waals surface area contributed by atoms with E-state index in [1.807, 2.05) is 0 Å². The van der Waals surface area contributed by atoms with Crippen molar-refractivity contribution in [2.75, 3.05) is 14.2 Å². The number of hydrogen-bond acceptors (Lipinski definition) is 5. The summed E-state index contributed by atoms with van der Waals surface area (Å²) in [4.78, 5) is 33.4. The smallest absolute Gasteiger partial charge is 0.328 e. The fraction of sp³-hybridized carbons (Fsp3) is 0.625. The molecular weight excluding hydrogens is 204 g/mol. The Hall–Kier alpha value is -1.79. The molecule has 0 spiro atoms. The number of nitrogens with one attached hydrogen (secondary N) is 2. The molecule has 1 aliphatic rings. The third-order valence-corrected chi connectivity index (χ3v) is 2.05. The average Bonchev–Trinajstić information content (AvgIpc) is 2.26. The first-order valence-corrected chi connectivity index (χ1v) is 4.31. The van der Waals surface area contributed by atoms with Crippen LogP contribution in [0, 0.1) is 0 Å². The van der Waals surface area contributed by atoms with Crippen LogP contribution in [0.3, 0.4) is 0 Å². The molecule has 1 saturated heterocycles. The summed E-state index contributed by atoms with van der Waals surface area (Å²) in [7, 11) is 2.42. The molecule has 1 rings (SSSR count). The van der Waals surface area contributed by atoms with Gasteiger partial charge in [-0.15, -0.1) is 0 Å². The van der Waals surface area contributed by atoms with Crippen molar-refractivity contribution in [2.24, 2.45) is 0 Å². The van der Waals surface area contributed by atoms with Crippen LogP contribution in [0.1, 0.15) is 6.42 Å². The molecule has 2 N–H and O–H groups in total. The van der Waals surface area contributed by atoms with Crippen molar-refractivity contribution in [3.8, 4) is 0 Å². The summed E-state index contributed by atoms with van der Waals surface area (Å²) in [6, 6.07) is -2.22. The third kappa shape index (κ3) is 2.58. The highest BCUT2D eigenvalue weighted by Gasteiger charge is 2.35. The molecule has 0 aromatic heterocycles. The molecule has 1 heterocycles. The van der Waals surface area contributed by atoms with Crippen LogP contribution in [0.25, 0.3) is 0 Å². The second-order valence-corrected chi connectivity index (χ2v) is 3.00. The van der Waals surface area contributed by atoms with Gasteiger partial charge >= 0.3 is 18.0 Å². The Morgan fingerprint density at radius 2 is 1.53 bits per heavy atom. The van der Waals surface area contributed by atoms with Crippen LogP contribution >= 0.6 is 0 Å². The molecule has 0 aromatic rings. The lowest BCUT2D eigenvalue weighted by atomic mass is 10.1. The Bertz CT molecular complexity index is 265. The molecule has 1 aliphatic heterocycles. The SMILES string of the molecule is COC(=O)[C@@H]1C[C@H](C(=O)OC)NC(=O)N1. The Balaban J connectivity index is 2.67. The van der Waals surface area contributed by atoms with E-state index in [-0.39, 0.29) is 6.42 Å². The van der Waals surface area contributed by atoms with Gasteiger partial charge in [0.15, 0.2) is 0 Å². The van der Waals surface area contributed by atoms with Gasteiger partial charge in [0.05, 0.1) is 14.2 Å². The zero-order valence-corrected chi connectivity index (χ0v) is 8.40. The second kappa shape index (κ2) is 4.63. The van der Waals surface area contributed by atoms with Crippen LogP contribution in [0.15, 0.2) is 0 Å². The van der Waals surface area contributed by atoms with Crippen LogP contribution < -0.4 is 10.6 Å². The van der Waals surface area contributed by atoms with E-state index in [9.17, 15) is 14.4 Å². The highest BCUT2D eigenvalue weighted by atomic mass is 16.5. The average molecular weight is 216 g/mol. The van der Waals surface area contributed by atoms with Gasteiger partial charge in [-0.05, 0) is 0 Å². The van der Waals surface area contributed by atoms with Gasteiger partial charge in [0.25, 0.3) is 0 Å². The highest BCUT2D eigenvalue weighted by molar-refractivity contribution is 5.90. The van der Waals surface area contributed by atoms with Crippen LogP contribution in [0.5, 0.6) is 0 Å². The molecule has 7 heteroatoms. The molecule has 1 fully saturated rings. The van der Waals surface area contributed by atoms with Crippen molar-refractivity contribution < 1.29 is 23.9 Å². The summed E-state index contributed by atoms with van der Waals surface area (Å²) < 4.78 is 8.93. The Kier molecular flexibility index (Phi) is 3.48. The van der Waals surface area contributed by atoms with Crippen molar-refractivity contribution in [2.45, 2.75) is 18.5 Å². The van der Waals surface area contributed by atoms with Crippen LogP contribution in [0.4, 0.5) is 4.79 Å². The second-order valence-electron chi connectivity index (χ2n) is 3.00. The first kappa shape index (κ1) is 11.3. The van der Waals surface area contributed by atoms with Crippen LogP contribution in [0.2, 0.25) is 0 Å². The van der Waals surface area contributed by atoms with Gasteiger partial charge in [0, 0.05) is 6.42 Å². The number of ether oxygens (including phenoxy) is 2. The van der Waals surface area contributed by atoms with Gasteiger partial charge in [0.2, 0.25) is 0 Å². The first-order valence-electron chi connectivity index (χ1n) is 4.31. The third-order valence-electron chi connectivity index (χ3n) is 2.05. The van der Waals surface area contributed by atoms with Crippen LogP contribution in [-0.2, 0) is 19.1 Å². The topological polar surface area (TPSA) is 93.7 Å². The zero-order valence-electron chi connectivity index (χ0n) is 8.40. The predicted octanol–water partition coefficient (Wildman–Crippen LogP) is -1.23. The van der Waals surface area contributed by atoms with E-state index in [1.165, 1.54) is 14.2 Å². The number of hydrogen-bond donors (Lipinski definition) is 2. The van der Waals surface area contributed by atoms with Gasteiger partial charge in [0.1, 0.15) is 12.1 Å². The van der Waals surface area contributed by atoms with Gasteiger partial charge in [-0.3, -0.25) is 0 Å². The molecule has 0 aromatic carbocycles. The fourth-order valence-electron chi connectivity index (χ4n) is 1.31. The molecule has 0 aliphatic carbocycles. The van der Waals surface area contributed by atoms with E-state index < -0.39 is 30.1 Å². The molecular formula is C8H12N2O5. The molecule has 0 saturated carbocycles. The monoisotopic (exact) mass is 216 g/mol. The number of methoxy groups -OCH3 is 2. The minimum atomic E-state index is -0.812. The van der Waals surface area contributed by atoms with E-state index in [2.05, 4.69) is 20.1 Å². The van der Waals surface area contributed by atoms with Crippen molar-refractivity contribution >= 4 is 18.0 Å². The Morgan fingerprint density at radius 3 is 1.87 bits per heavy atom. The maximum atomic E-state index is 11.2. The van der Waals surface area contributed by atoms with Gasteiger partial charge in [-0.2, -0.15) is 0 Å². The molecule has 84 valence electrons. The maximum Gasteiger partial charge on any atom is 0.328 e. The molecule has 0 unspecified atom stereocenters. The molecule has 2 atom stereocenters. The van der Waals surface area contributed by atoms with Crippen molar-refractivity contribution in [3.05, 3.63) is 0 Å². The van der Waals surface area contributed by atoms with Crippen LogP contribution in [-0.4, -0.2) is 44.3 Å². The molecule has 7 nitrogen and oxygen atoms in total. The predicted molar refractivity (Wildman–Crippen MR) is 47.9 cm³/mol. The Labute approximate surface area is 86.1 Å². The quantitative estimate of drug-likeness (QED) is 0.564. The maximum absolute atomic E-state index is 11.2. The van der Waals surface area contributed by atoms with Crippen molar-refractivity contribution in [1.29, 1.82) is 0 Å². The minimum Gasteiger partial charge on any atom is -0.467 e. The number of esters is 2. The molecule has 0 radical (unpaired) electrons. The van der Waals surface area contributed by atoms with Gasteiger partial charge < -0.3 is 20.1 Å². The number of carbonyl (C=O) groups is 3. The summed E-state index contributed by atoms with van der Waals surface area (Å²) >= 11 is 0. The van der Waals surface area contributed by atoms with E-state index in [0.717, 1.165) is 0 Å². The first-order chi connectivity index (χ1) is 7.08. The van der Waals surface area contributed by atoms with Crippen molar-refractivity contribution in [3.63, 3.8) is 0 Å². The number of urea groups is 1. The van der Waals surface area contributed by atoms with Crippen molar-refractivity contribution in [1.82, 2.24) is 10.6 Å². The van der Waals surface area contributed by atoms with Gasteiger partial charge in [-0.1, -0.05) is 0 Å². The van der Waals surface area contributed by atoms with Gasteiger partial charge in [-0.25, -0.2) is 14.4 Å². The summed E-state index contributed by atoms with van der Waals surface area (Å²) in [6.45, 7) is 0. The van der Waals surface area contributed by atoms with E-state index >= 15 is 0 Å². The highest BCUT2D eigenvalue weighted by Crippen LogP contribution is 2.07. The summed E-state index contributed by atoms with van der Waals surface area (Å²) in [5, 5.41) is 4.69. The van der Waals surface area contributed by atoms with E-state index in [1.54, 1.807) is 0 Å². The van der Waals surface area contributed by atoms with E-state index in [0.29, 0.717) is 0 Å². The minimum absolute atomic E-state index is 0.116. The lowest BCUT2D eigenvalue weighted by Gasteiger charge is -2.27. The normalized spacial score (nSPS) is 24.8. The summed E-state index contributed by atoms with van der Waals surface area (Å²) in [5.74, 6) is -1.17. The number of rotatable bonds is 2. The lowest BCUT2D eigenvalue weighted by molar-refractivity contribution is -0.146. The standard InChI is InChI=1S/C8H12N2O5/c1-14-6(11)4-3-5(7(12)15-2)10-8(13)9-4/h4-5H,3H2,1-2H3,(H2,9,10,13)/t4-,5+. The fourth-order valence-corrected chi connectivity index (χ4v) is 1.31. The largest absolute Gasteiger partial charge is 0.467 e. The zero-order chi connectivity index (χ0) is 11.4. The summed E-state index contributed by atoms with van der Waals surface area (Å²) in [6.07, 6.45) is 0.116. The number of amides is 2. The molecule has 2 amide bonds. The Morgan fingerprint density at radius 1 is 1.13 bits per heavy atom. The summed E-state index contributed by atoms with van der Waals surface area (Å²) in [5.41, 5.74) is 0. The number of carbonyl (C=O) groups excluding carboxylic acids is 3. The molecule has 0 bridgehead atoms.